The van der Waals surface area contributed by atoms with Crippen molar-refractivity contribution in [1.29, 1.82) is 0 Å². The van der Waals surface area contributed by atoms with Gasteiger partial charge in [-0.25, -0.2) is 5.43 Å². The lowest BCUT2D eigenvalue weighted by Gasteiger charge is -2.07. The molecule has 29 heavy (non-hydrogen) atoms. The van der Waals surface area contributed by atoms with E-state index in [1.807, 2.05) is 6.92 Å². The van der Waals surface area contributed by atoms with Crippen molar-refractivity contribution in [2.24, 2.45) is 5.10 Å². The normalized spacial score (nSPS) is 10.6. The van der Waals surface area contributed by atoms with Crippen LogP contribution in [-0.2, 0) is 9.59 Å². The number of nitrogens with zero attached hydrogens (tertiary/aromatic N) is 1. The van der Waals surface area contributed by atoms with Crippen LogP contribution in [0.1, 0.15) is 25.3 Å². The van der Waals surface area contributed by atoms with E-state index in [0.29, 0.717) is 22.3 Å². The smallest absolute Gasteiger partial charge is 0.240 e. The van der Waals surface area contributed by atoms with E-state index in [9.17, 15) is 14.7 Å². The molecule has 0 saturated heterocycles. The summed E-state index contributed by atoms with van der Waals surface area (Å²) in [5, 5.41) is 16.3. The highest BCUT2D eigenvalue weighted by Crippen LogP contribution is 2.34. The van der Waals surface area contributed by atoms with Crippen LogP contribution in [0.5, 0.6) is 17.2 Å². The number of ether oxygens (including phenoxy) is 2. The van der Waals surface area contributed by atoms with Gasteiger partial charge in [-0.1, -0.05) is 0 Å². The van der Waals surface area contributed by atoms with E-state index >= 15 is 0 Å². The summed E-state index contributed by atoms with van der Waals surface area (Å²) in [7, 11) is 1.43. The van der Waals surface area contributed by atoms with Crippen LogP contribution in [0.25, 0.3) is 0 Å². The molecule has 0 spiro atoms. The molecule has 0 fully saturated rings. The number of amides is 2. The van der Waals surface area contributed by atoms with E-state index in [4.69, 9.17) is 9.47 Å². The highest BCUT2D eigenvalue weighted by molar-refractivity contribution is 9.10. The lowest BCUT2D eigenvalue weighted by molar-refractivity contribution is -0.124. The van der Waals surface area contributed by atoms with Gasteiger partial charge in [-0.2, -0.15) is 5.10 Å². The van der Waals surface area contributed by atoms with Crippen LogP contribution >= 0.6 is 15.9 Å². The van der Waals surface area contributed by atoms with E-state index in [1.165, 1.54) is 13.3 Å². The molecule has 0 unspecified atom stereocenters. The fourth-order valence-electron chi connectivity index (χ4n) is 2.31. The number of benzene rings is 2. The minimum Gasteiger partial charge on any atom is -0.503 e. The molecule has 0 aromatic heterocycles. The van der Waals surface area contributed by atoms with Crippen LogP contribution in [0, 0.1) is 0 Å². The number of nitrogens with one attached hydrogen (secondary N) is 2. The summed E-state index contributed by atoms with van der Waals surface area (Å²) in [6, 6.07) is 10.2. The first-order valence-electron chi connectivity index (χ1n) is 8.84. The zero-order chi connectivity index (χ0) is 21.2. The minimum atomic E-state index is -0.395. The Morgan fingerprint density at radius 2 is 1.86 bits per heavy atom. The molecule has 3 N–H and O–H groups in total. The van der Waals surface area contributed by atoms with Gasteiger partial charge in [-0.15, -0.1) is 0 Å². The Kier molecular flexibility index (Phi) is 8.47. The second-order valence-corrected chi connectivity index (χ2v) is 6.71. The zero-order valence-electron chi connectivity index (χ0n) is 16.1. The lowest BCUT2D eigenvalue weighted by atomic mass is 10.2. The Morgan fingerprint density at radius 1 is 1.17 bits per heavy atom. The Hall–Kier alpha value is -3.07. The molecular weight excluding hydrogens is 442 g/mol. The molecule has 154 valence electrons. The van der Waals surface area contributed by atoms with Gasteiger partial charge in [0.05, 0.1) is 24.4 Å². The molecule has 0 aliphatic carbocycles. The number of methoxy groups -OCH3 is 1. The van der Waals surface area contributed by atoms with Gasteiger partial charge in [-0.05, 0) is 64.8 Å². The third-order valence-electron chi connectivity index (χ3n) is 3.70. The quantitative estimate of drug-likeness (QED) is 0.389. The molecule has 0 aliphatic heterocycles. The first kappa shape index (κ1) is 22.2. The summed E-state index contributed by atoms with van der Waals surface area (Å²) in [6.07, 6.45) is 1.42. The number of carbonyl (C=O) groups is 2. The topological polar surface area (TPSA) is 109 Å². The van der Waals surface area contributed by atoms with Gasteiger partial charge in [0.25, 0.3) is 0 Å². The second kappa shape index (κ2) is 11.1. The zero-order valence-corrected chi connectivity index (χ0v) is 17.7. The van der Waals surface area contributed by atoms with Crippen molar-refractivity contribution in [1.82, 2.24) is 5.43 Å². The van der Waals surface area contributed by atoms with Crippen molar-refractivity contribution in [3.8, 4) is 17.2 Å². The summed E-state index contributed by atoms with van der Waals surface area (Å²) in [5.41, 5.74) is 3.60. The molecule has 0 atom stereocenters. The van der Waals surface area contributed by atoms with Crippen LogP contribution in [0.3, 0.4) is 0 Å². The largest absolute Gasteiger partial charge is 0.503 e. The number of halogens is 1. The van der Waals surface area contributed by atoms with Crippen LogP contribution in [0.15, 0.2) is 46.0 Å². The van der Waals surface area contributed by atoms with Crippen molar-refractivity contribution in [3.63, 3.8) is 0 Å². The Labute approximate surface area is 177 Å². The third-order valence-corrected chi connectivity index (χ3v) is 4.31. The van der Waals surface area contributed by atoms with Gasteiger partial charge in [0.15, 0.2) is 11.5 Å². The van der Waals surface area contributed by atoms with E-state index in [1.54, 1.807) is 36.4 Å². The molecule has 2 aromatic carbocycles. The van der Waals surface area contributed by atoms with Gasteiger partial charge in [0.1, 0.15) is 5.75 Å². The van der Waals surface area contributed by atoms with Crippen molar-refractivity contribution in [2.75, 3.05) is 19.0 Å². The number of aromatic hydroxyl groups is 1. The fourth-order valence-corrected chi connectivity index (χ4v) is 2.77. The third kappa shape index (κ3) is 7.11. The molecule has 0 aliphatic rings. The number of hydrazone groups is 1. The van der Waals surface area contributed by atoms with Crippen molar-refractivity contribution >= 4 is 39.6 Å². The average molecular weight is 464 g/mol. The standard InChI is InChI=1S/C20H22BrN3O5/c1-3-29-15-6-4-14(5-7-15)23-18(25)8-9-19(26)24-22-12-13-10-16(21)20(27)17(11-13)28-2/h4-7,10-12,27H,3,8-9H2,1-2H3,(H,23,25)(H,24,26). The van der Waals surface area contributed by atoms with Crippen LogP contribution in [0.4, 0.5) is 5.69 Å². The maximum absolute atomic E-state index is 12.0. The number of phenols is 1. The van der Waals surface area contributed by atoms with E-state index in [-0.39, 0.29) is 30.2 Å². The molecule has 0 heterocycles. The van der Waals surface area contributed by atoms with Gasteiger partial charge >= 0.3 is 0 Å². The second-order valence-electron chi connectivity index (χ2n) is 5.85. The highest BCUT2D eigenvalue weighted by atomic mass is 79.9. The maximum atomic E-state index is 12.0. The molecule has 2 amide bonds. The molecule has 8 nitrogen and oxygen atoms in total. The highest BCUT2D eigenvalue weighted by Gasteiger charge is 2.09. The summed E-state index contributed by atoms with van der Waals surface area (Å²) in [6.45, 7) is 2.46. The van der Waals surface area contributed by atoms with Gasteiger partial charge < -0.3 is 19.9 Å². The maximum Gasteiger partial charge on any atom is 0.240 e. The predicted octanol–water partition coefficient (Wildman–Crippen LogP) is 3.43. The Morgan fingerprint density at radius 3 is 2.52 bits per heavy atom. The van der Waals surface area contributed by atoms with Gasteiger partial charge in [-0.3, -0.25) is 9.59 Å². The summed E-state index contributed by atoms with van der Waals surface area (Å²) in [5.74, 6) is 0.305. The summed E-state index contributed by atoms with van der Waals surface area (Å²) >= 11 is 3.21. The van der Waals surface area contributed by atoms with Gasteiger partial charge in [0, 0.05) is 18.5 Å². The molecule has 0 bridgehead atoms. The monoisotopic (exact) mass is 463 g/mol. The van der Waals surface area contributed by atoms with Crippen molar-refractivity contribution in [3.05, 3.63) is 46.4 Å². The first-order chi connectivity index (χ1) is 13.9. The predicted molar refractivity (Wildman–Crippen MR) is 114 cm³/mol. The lowest BCUT2D eigenvalue weighted by Crippen LogP contribution is -2.20. The van der Waals surface area contributed by atoms with Crippen molar-refractivity contribution in [2.45, 2.75) is 19.8 Å². The van der Waals surface area contributed by atoms with E-state index in [0.717, 1.165) is 5.75 Å². The van der Waals surface area contributed by atoms with Crippen LogP contribution < -0.4 is 20.2 Å². The van der Waals surface area contributed by atoms with Gasteiger partial charge in [0.2, 0.25) is 11.8 Å². The summed E-state index contributed by atoms with van der Waals surface area (Å²) in [4.78, 5) is 23.8. The molecular formula is C20H22BrN3O5. The Balaban J connectivity index is 1.78. The number of phenolic OH excluding ortho intramolecular Hbond substituents is 1. The number of hydrogen-bond acceptors (Lipinski definition) is 6. The van der Waals surface area contributed by atoms with E-state index in [2.05, 4.69) is 31.8 Å². The number of carbonyl (C=O) groups excluding carboxylic acids is 2. The summed E-state index contributed by atoms with van der Waals surface area (Å²) < 4.78 is 10.8. The Bertz CT molecular complexity index is 884. The van der Waals surface area contributed by atoms with E-state index < -0.39 is 5.91 Å². The minimum absolute atomic E-state index is 0.0111. The molecule has 2 rings (SSSR count). The number of anilines is 1. The first-order valence-corrected chi connectivity index (χ1v) is 9.63. The average Bonchev–Trinajstić information content (AvgIpc) is 2.70. The molecule has 9 heteroatoms. The van der Waals surface area contributed by atoms with Crippen LogP contribution in [0.2, 0.25) is 0 Å². The number of rotatable bonds is 9. The number of hydrogen-bond donors (Lipinski definition) is 3. The molecule has 0 saturated carbocycles. The van der Waals surface area contributed by atoms with Crippen LogP contribution in [-0.4, -0.2) is 36.9 Å². The SMILES string of the molecule is CCOc1ccc(NC(=O)CCC(=O)NN=Cc2cc(Br)c(O)c(OC)c2)cc1. The fraction of sp³-hybridized carbons (Fsp3) is 0.250. The molecule has 0 radical (unpaired) electrons. The molecule has 2 aromatic rings. The van der Waals surface area contributed by atoms with Crippen molar-refractivity contribution < 1.29 is 24.2 Å².